The maximum atomic E-state index is 11.7. The summed E-state index contributed by atoms with van der Waals surface area (Å²) in [7, 11) is 0. The van der Waals surface area contributed by atoms with Crippen LogP contribution in [0.4, 0.5) is 0 Å². The normalized spacial score (nSPS) is 11.7. The van der Waals surface area contributed by atoms with Gasteiger partial charge in [-0.3, -0.25) is 4.79 Å². The minimum Gasteiger partial charge on any atom is -0.312 e. The summed E-state index contributed by atoms with van der Waals surface area (Å²) in [6.45, 7) is 9.62. The number of hydrogen-bond donors (Lipinski definition) is 1. The first kappa shape index (κ1) is 16.5. The van der Waals surface area contributed by atoms with Gasteiger partial charge in [0.2, 0.25) is 0 Å². The molecule has 0 radical (unpaired) electrons. The van der Waals surface area contributed by atoms with Gasteiger partial charge < -0.3 is 9.88 Å². The Kier molecular flexibility index (Phi) is 5.85. The number of nitrogens with one attached hydrogen (secondary N) is 1. The Balaban J connectivity index is 2.27. The lowest BCUT2D eigenvalue weighted by molar-refractivity contribution is 0.278. The number of aryl methyl sites for hydroxylation is 1. The summed E-state index contributed by atoms with van der Waals surface area (Å²) in [6, 6.07) is 1.96. The topological polar surface area (TPSA) is 36.1 Å². The van der Waals surface area contributed by atoms with Gasteiger partial charge in [-0.05, 0) is 56.5 Å². The highest BCUT2D eigenvalue weighted by Crippen LogP contribution is 2.30. The lowest BCUT2D eigenvalue weighted by Crippen LogP contribution is -2.27. The Labute approximate surface area is 134 Å². The van der Waals surface area contributed by atoms with E-state index in [1.54, 1.807) is 0 Å². The molecule has 5 heteroatoms. The fourth-order valence-electron chi connectivity index (χ4n) is 2.75. The fourth-order valence-corrected chi connectivity index (χ4v) is 4.14. The Bertz CT molecular complexity index is 656. The Morgan fingerprint density at radius 2 is 1.90 bits per heavy atom. The van der Waals surface area contributed by atoms with E-state index in [0.29, 0.717) is 0 Å². The summed E-state index contributed by atoms with van der Waals surface area (Å²) < 4.78 is 1.03. The predicted molar refractivity (Wildman–Crippen MR) is 92.9 cm³/mol. The van der Waals surface area contributed by atoms with Crippen LogP contribution < -0.4 is 4.87 Å². The van der Waals surface area contributed by atoms with Gasteiger partial charge in [0.05, 0.1) is 10.2 Å². The highest BCUT2D eigenvalue weighted by molar-refractivity contribution is 7.16. The molecule has 0 aliphatic heterocycles. The number of hydrogen-bond acceptors (Lipinski definition) is 3. The molecule has 116 valence electrons. The van der Waals surface area contributed by atoms with Crippen molar-refractivity contribution in [1.82, 2.24) is 9.88 Å². The third-order valence-corrected chi connectivity index (χ3v) is 4.99. The van der Waals surface area contributed by atoms with Crippen LogP contribution in [0.1, 0.15) is 37.8 Å². The van der Waals surface area contributed by atoms with Crippen molar-refractivity contribution in [3.63, 3.8) is 0 Å². The van der Waals surface area contributed by atoms with Crippen molar-refractivity contribution >= 4 is 33.2 Å². The van der Waals surface area contributed by atoms with Crippen molar-refractivity contribution in [2.75, 3.05) is 19.6 Å². The van der Waals surface area contributed by atoms with Crippen LogP contribution in [0.3, 0.4) is 0 Å². The number of aromatic nitrogens is 1. The van der Waals surface area contributed by atoms with E-state index in [9.17, 15) is 4.79 Å². The lowest BCUT2D eigenvalue weighted by Gasteiger charge is -2.21. The van der Waals surface area contributed by atoms with Gasteiger partial charge in [0.25, 0.3) is 0 Å². The van der Waals surface area contributed by atoms with E-state index in [1.807, 2.05) is 13.0 Å². The first-order valence-electron chi connectivity index (χ1n) is 7.60. The number of benzene rings is 1. The molecule has 1 N–H and O–H groups in total. The van der Waals surface area contributed by atoms with Gasteiger partial charge >= 0.3 is 4.87 Å². The standard InChI is InChI=1S/C16H23ClN2OS/c1-4-7-19(8-5-2)9-6-12-13(17)10-11(3)14-15(12)21-16(20)18-14/h10H,4-9H2,1-3H3,(H,18,20). The monoisotopic (exact) mass is 326 g/mol. The molecular formula is C16H23ClN2OS. The summed E-state index contributed by atoms with van der Waals surface area (Å²) in [5.74, 6) is 0. The third-order valence-electron chi connectivity index (χ3n) is 3.71. The quantitative estimate of drug-likeness (QED) is 0.827. The van der Waals surface area contributed by atoms with E-state index in [4.69, 9.17) is 11.6 Å². The zero-order valence-corrected chi connectivity index (χ0v) is 14.5. The molecule has 3 nitrogen and oxygen atoms in total. The molecule has 1 heterocycles. The van der Waals surface area contributed by atoms with Crippen molar-refractivity contribution < 1.29 is 0 Å². The van der Waals surface area contributed by atoms with E-state index in [2.05, 4.69) is 23.7 Å². The number of nitrogens with zero attached hydrogens (tertiary/aromatic N) is 1. The van der Waals surface area contributed by atoms with Crippen molar-refractivity contribution in [1.29, 1.82) is 0 Å². The minimum absolute atomic E-state index is 0.00408. The van der Waals surface area contributed by atoms with Crippen LogP contribution in [-0.4, -0.2) is 29.5 Å². The number of H-pyrrole nitrogens is 1. The smallest absolute Gasteiger partial charge is 0.305 e. The number of halogens is 1. The molecule has 0 unspecified atom stereocenters. The van der Waals surface area contributed by atoms with E-state index in [-0.39, 0.29) is 4.87 Å². The maximum Gasteiger partial charge on any atom is 0.305 e. The van der Waals surface area contributed by atoms with Gasteiger partial charge in [-0.2, -0.15) is 0 Å². The Morgan fingerprint density at radius 1 is 1.24 bits per heavy atom. The Morgan fingerprint density at radius 3 is 2.52 bits per heavy atom. The number of aromatic amines is 1. The van der Waals surface area contributed by atoms with Crippen LogP contribution in [-0.2, 0) is 6.42 Å². The van der Waals surface area contributed by atoms with Gasteiger partial charge in [0, 0.05) is 11.6 Å². The van der Waals surface area contributed by atoms with Crippen LogP contribution in [0.25, 0.3) is 10.2 Å². The van der Waals surface area contributed by atoms with E-state index >= 15 is 0 Å². The molecule has 0 atom stereocenters. The number of thiazole rings is 1. The minimum atomic E-state index is -0.00408. The van der Waals surface area contributed by atoms with Gasteiger partial charge in [0.1, 0.15) is 0 Å². The highest BCUT2D eigenvalue weighted by Gasteiger charge is 2.13. The van der Waals surface area contributed by atoms with E-state index < -0.39 is 0 Å². The highest BCUT2D eigenvalue weighted by atomic mass is 35.5. The molecule has 0 amide bonds. The van der Waals surface area contributed by atoms with Crippen LogP contribution >= 0.6 is 22.9 Å². The van der Waals surface area contributed by atoms with E-state index in [1.165, 1.54) is 11.3 Å². The first-order chi connectivity index (χ1) is 10.1. The molecule has 0 aliphatic carbocycles. The molecule has 0 aliphatic rings. The third kappa shape index (κ3) is 3.87. The second-order valence-electron chi connectivity index (χ2n) is 5.46. The molecule has 0 spiro atoms. The lowest BCUT2D eigenvalue weighted by atomic mass is 10.1. The summed E-state index contributed by atoms with van der Waals surface area (Å²) >= 11 is 7.70. The fraction of sp³-hybridized carbons (Fsp3) is 0.562. The van der Waals surface area contributed by atoms with Crippen molar-refractivity contribution in [2.24, 2.45) is 0 Å². The van der Waals surface area contributed by atoms with Crippen LogP contribution in [0.15, 0.2) is 10.9 Å². The molecule has 1 aromatic heterocycles. The molecule has 21 heavy (non-hydrogen) atoms. The van der Waals surface area contributed by atoms with Crippen molar-refractivity contribution in [2.45, 2.75) is 40.0 Å². The molecule has 0 saturated carbocycles. The van der Waals surface area contributed by atoms with E-state index in [0.717, 1.165) is 65.3 Å². The summed E-state index contributed by atoms with van der Waals surface area (Å²) in [6.07, 6.45) is 3.21. The number of rotatable bonds is 7. The second kappa shape index (κ2) is 7.43. The molecule has 2 rings (SSSR count). The zero-order chi connectivity index (χ0) is 15.4. The van der Waals surface area contributed by atoms with Gasteiger partial charge in [-0.25, -0.2) is 0 Å². The first-order valence-corrected chi connectivity index (χ1v) is 8.79. The molecular weight excluding hydrogens is 304 g/mol. The molecule has 0 bridgehead atoms. The molecule has 0 fully saturated rings. The van der Waals surface area contributed by atoms with Crippen molar-refractivity contribution in [3.05, 3.63) is 31.9 Å². The zero-order valence-electron chi connectivity index (χ0n) is 13.0. The second-order valence-corrected chi connectivity index (χ2v) is 6.85. The average molecular weight is 327 g/mol. The van der Waals surface area contributed by atoms with Gasteiger partial charge in [-0.15, -0.1) is 0 Å². The largest absolute Gasteiger partial charge is 0.312 e. The maximum absolute atomic E-state index is 11.7. The molecule has 2 aromatic rings. The van der Waals surface area contributed by atoms with Gasteiger partial charge in [0.15, 0.2) is 0 Å². The van der Waals surface area contributed by atoms with Crippen LogP contribution in [0.5, 0.6) is 0 Å². The average Bonchev–Trinajstić information content (AvgIpc) is 2.81. The predicted octanol–water partition coefficient (Wildman–Crippen LogP) is 4.22. The van der Waals surface area contributed by atoms with Crippen LogP contribution in [0.2, 0.25) is 5.02 Å². The Hall–Kier alpha value is -0.840. The summed E-state index contributed by atoms with van der Waals surface area (Å²) in [5.41, 5.74) is 3.09. The SMILES string of the molecule is CCCN(CCC)CCc1c(Cl)cc(C)c2[nH]c(=O)sc12. The van der Waals surface area contributed by atoms with Crippen molar-refractivity contribution in [3.8, 4) is 0 Å². The summed E-state index contributed by atoms with van der Waals surface area (Å²) in [5, 5.41) is 0.781. The van der Waals surface area contributed by atoms with Crippen LogP contribution in [0, 0.1) is 6.92 Å². The molecule has 0 saturated heterocycles. The summed E-state index contributed by atoms with van der Waals surface area (Å²) in [4.78, 5) is 17.0. The number of fused-ring (bicyclic) bond motifs is 1. The molecule has 1 aromatic carbocycles. The van der Waals surface area contributed by atoms with Gasteiger partial charge in [-0.1, -0.05) is 36.8 Å².